The largest absolute Gasteiger partial charge is 0.494 e. The monoisotopic (exact) mass is 207 g/mol. The highest BCUT2D eigenvalue weighted by Gasteiger charge is 2.44. The summed E-state index contributed by atoms with van der Waals surface area (Å²) in [6.07, 6.45) is 2.13. The molecule has 0 saturated heterocycles. The Bertz CT molecular complexity index is 317. The maximum absolute atomic E-state index is 5.81. The fraction of sp³-hybridized carbons (Fsp3) is 0.500. The molecule has 1 aromatic carbocycles. The van der Waals surface area contributed by atoms with Crippen LogP contribution in [-0.4, -0.2) is 18.8 Å². The molecule has 0 aliphatic heterocycles. The summed E-state index contributed by atoms with van der Waals surface area (Å²) in [5, 5.41) is 0. The lowest BCUT2D eigenvalue weighted by molar-refractivity contribution is 0.187. The molecule has 0 spiro atoms. The Kier molecular flexibility index (Phi) is 2.82. The summed E-state index contributed by atoms with van der Waals surface area (Å²) in [5.74, 6) is 1.75. The van der Waals surface area contributed by atoms with Gasteiger partial charge in [-0.2, -0.15) is 0 Å². The van der Waals surface area contributed by atoms with Crippen LogP contribution in [0.25, 0.3) is 0 Å². The quantitative estimate of drug-likeness (QED) is 0.802. The minimum Gasteiger partial charge on any atom is -0.494 e. The van der Waals surface area contributed by atoms with Crippen molar-refractivity contribution in [2.75, 3.05) is 13.2 Å². The van der Waals surface area contributed by atoms with Gasteiger partial charge < -0.3 is 15.2 Å². The van der Waals surface area contributed by atoms with Crippen LogP contribution in [0.5, 0.6) is 11.5 Å². The van der Waals surface area contributed by atoms with Gasteiger partial charge in [0.1, 0.15) is 17.1 Å². The standard InChI is InChI=1S/C12H17NO2/c1-2-14-10-3-5-11(6-4-10)15-12(9-13)7-8-12/h3-6H,2,7-9,13H2,1H3. The Labute approximate surface area is 90.2 Å². The van der Waals surface area contributed by atoms with Crippen LogP contribution < -0.4 is 15.2 Å². The Morgan fingerprint density at radius 1 is 1.20 bits per heavy atom. The predicted octanol–water partition coefficient (Wildman–Crippen LogP) is 1.96. The lowest BCUT2D eigenvalue weighted by atomic mass is 10.3. The summed E-state index contributed by atoms with van der Waals surface area (Å²) in [5.41, 5.74) is 5.57. The molecule has 2 N–H and O–H groups in total. The summed E-state index contributed by atoms with van der Waals surface area (Å²) in [4.78, 5) is 0. The second-order valence-corrected chi connectivity index (χ2v) is 3.89. The normalized spacial score (nSPS) is 17.2. The van der Waals surface area contributed by atoms with Crippen LogP contribution >= 0.6 is 0 Å². The van der Waals surface area contributed by atoms with Gasteiger partial charge in [0.2, 0.25) is 0 Å². The van der Waals surface area contributed by atoms with Crippen molar-refractivity contribution in [3.05, 3.63) is 24.3 Å². The van der Waals surface area contributed by atoms with E-state index < -0.39 is 0 Å². The molecule has 0 amide bonds. The molecule has 1 saturated carbocycles. The molecule has 82 valence electrons. The number of nitrogens with two attached hydrogens (primary N) is 1. The van der Waals surface area contributed by atoms with Crippen LogP contribution in [0.1, 0.15) is 19.8 Å². The van der Waals surface area contributed by atoms with Gasteiger partial charge in [-0.3, -0.25) is 0 Å². The Morgan fingerprint density at radius 2 is 1.80 bits per heavy atom. The van der Waals surface area contributed by atoms with Crippen LogP contribution in [-0.2, 0) is 0 Å². The lowest BCUT2D eigenvalue weighted by Gasteiger charge is -2.15. The molecular formula is C12H17NO2. The number of ether oxygens (including phenoxy) is 2. The minimum absolute atomic E-state index is 0.0763. The molecule has 0 unspecified atom stereocenters. The molecule has 0 bridgehead atoms. The van der Waals surface area contributed by atoms with E-state index in [4.69, 9.17) is 15.2 Å². The maximum Gasteiger partial charge on any atom is 0.121 e. The number of hydrogen-bond donors (Lipinski definition) is 1. The van der Waals surface area contributed by atoms with Crippen molar-refractivity contribution >= 4 is 0 Å². The topological polar surface area (TPSA) is 44.5 Å². The Balaban J connectivity index is 1.98. The third-order valence-electron chi connectivity index (χ3n) is 2.65. The van der Waals surface area contributed by atoms with Gasteiger partial charge >= 0.3 is 0 Å². The zero-order chi connectivity index (χ0) is 10.7. The van der Waals surface area contributed by atoms with Gasteiger partial charge in [0.25, 0.3) is 0 Å². The SMILES string of the molecule is CCOc1ccc(OC2(CN)CC2)cc1. The molecule has 1 aliphatic rings. The highest BCUT2D eigenvalue weighted by molar-refractivity contribution is 5.32. The van der Waals surface area contributed by atoms with E-state index in [1.54, 1.807) is 0 Å². The van der Waals surface area contributed by atoms with Gasteiger partial charge in [0, 0.05) is 6.54 Å². The summed E-state index contributed by atoms with van der Waals surface area (Å²) in [6, 6.07) is 7.71. The second kappa shape index (κ2) is 4.11. The molecule has 3 nitrogen and oxygen atoms in total. The van der Waals surface area contributed by atoms with Gasteiger partial charge in [-0.25, -0.2) is 0 Å². The first-order valence-electron chi connectivity index (χ1n) is 5.40. The molecule has 1 aromatic rings. The van der Waals surface area contributed by atoms with E-state index in [1.807, 2.05) is 31.2 Å². The maximum atomic E-state index is 5.81. The Hall–Kier alpha value is -1.22. The molecular weight excluding hydrogens is 190 g/mol. The molecule has 0 radical (unpaired) electrons. The highest BCUT2D eigenvalue weighted by Crippen LogP contribution is 2.39. The summed E-state index contributed by atoms with van der Waals surface area (Å²) >= 11 is 0. The molecule has 3 heteroatoms. The van der Waals surface area contributed by atoms with Crippen LogP contribution in [0.3, 0.4) is 0 Å². The molecule has 1 fully saturated rings. The van der Waals surface area contributed by atoms with Crippen molar-refractivity contribution in [3.8, 4) is 11.5 Å². The van der Waals surface area contributed by atoms with E-state index >= 15 is 0 Å². The molecule has 1 aliphatic carbocycles. The van der Waals surface area contributed by atoms with Gasteiger partial charge in [-0.1, -0.05) is 0 Å². The van der Waals surface area contributed by atoms with E-state index in [9.17, 15) is 0 Å². The van der Waals surface area contributed by atoms with Gasteiger partial charge in [-0.15, -0.1) is 0 Å². The lowest BCUT2D eigenvalue weighted by Crippen LogP contribution is -2.28. The fourth-order valence-corrected chi connectivity index (χ4v) is 1.51. The first kappa shape index (κ1) is 10.3. The summed E-state index contributed by atoms with van der Waals surface area (Å²) in [7, 11) is 0. The highest BCUT2D eigenvalue weighted by atomic mass is 16.5. The zero-order valence-electron chi connectivity index (χ0n) is 9.03. The molecule has 0 atom stereocenters. The third kappa shape index (κ3) is 2.42. The van der Waals surface area contributed by atoms with Gasteiger partial charge in [-0.05, 0) is 44.0 Å². The summed E-state index contributed by atoms with van der Waals surface area (Å²) in [6.45, 7) is 3.26. The van der Waals surface area contributed by atoms with Gasteiger partial charge in [0.05, 0.1) is 6.61 Å². The Morgan fingerprint density at radius 3 is 2.27 bits per heavy atom. The zero-order valence-corrected chi connectivity index (χ0v) is 9.03. The average molecular weight is 207 g/mol. The number of rotatable bonds is 5. The summed E-state index contributed by atoms with van der Waals surface area (Å²) < 4.78 is 11.2. The first-order chi connectivity index (χ1) is 7.28. The van der Waals surface area contributed by atoms with Gasteiger partial charge in [0.15, 0.2) is 0 Å². The van der Waals surface area contributed by atoms with Crippen molar-refractivity contribution in [2.45, 2.75) is 25.4 Å². The molecule has 2 rings (SSSR count). The molecule has 0 aromatic heterocycles. The van der Waals surface area contributed by atoms with Crippen LogP contribution in [0.2, 0.25) is 0 Å². The molecule has 0 heterocycles. The van der Waals surface area contributed by atoms with Crippen LogP contribution in [0.4, 0.5) is 0 Å². The van der Waals surface area contributed by atoms with E-state index in [1.165, 1.54) is 0 Å². The van der Waals surface area contributed by atoms with E-state index in [2.05, 4.69) is 0 Å². The van der Waals surface area contributed by atoms with Crippen molar-refractivity contribution in [3.63, 3.8) is 0 Å². The second-order valence-electron chi connectivity index (χ2n) is 3.89. The smallest absolute Gasteiger partial charge is 0.121 e. The van der Waals surface area contributed by atoms with Crippen molar-refractivity contribution in [1.29, 1.82) is 0 Å². The van der Waals surface area contributed by atoms with Crippen LogP contribution in [0, 0.1) is 0 Å². The number of benzene rings is 1. The third-order valence-corrected chi connectivity index (χ3v) is 2.65. The molecule has 15 heavy (non-hydrogen) atoms. The van der Waals surface area contributed by atoms with Crippen molar-refractivity contribution in [2.24, 2.45) is 5.73 Å². The van der Waals surface area contributed by atoms with E-state index in [0.717, 1.165) is 24.3 Å². The van der Waals surface area contributed by atoms with Crippen molar-refractivity contribution in [1.82, 2.24) is 0 Å². The van der Waals surface area contributed by atoms with E-state index in [0.29, 0.717) is 13.2 Å². The minimum atomic E-state index is -0.0763. The van der Waals surface area contributed by atoms with Crippen LogP contribution in [0.15, 0.2) is 24.3 Å². The van der Waals surface area contributed by atoms with Crippen molar-refractivity contribution < 1.29 is 9.47 Å². The predicted molar refractivity (Wildman–Crippen MR) is 59.3 cm³/mol. The average Bonchev–Trinajstić information content (AvgIpc) is 3.02. The first-order valence-corrected chi connectivity index (χ1v) is 5.40. The fourth-order valence-electron chi connectivity index (χ4n) is 1.51. The number of hydrogen-bond acceptors (Lipinski definition) is 3. The van der Waals surface area contributed by atoms with E-state index in [-0.39, 0.29) is 5.60 Å².